The second-order valence-corrected chi connectivity index (χ2v) is 5.84. The molecule has 0 aliphatic rings. The van der Waals surface area contributed by atoms with Gasteiger partial charge in [0.15, 0.2) is 0 Å². The van der Waals surface area contributed by atoms with Gasteiger partial charge >= 0.3 is 0 Å². The van der Waals surface area contributed by atoms with E-state index in [0.717, 1.165) is 0 Å². The first kappa shape index (κ1) is 15.0. The minimum absolute atomic E-state index is 1.17. The molecule has 0 heterocycles. The number of rotatable bonds is 7. The van der Waals surface area contributed by atoms with Crippen molar-refractivity contribution in [1.29, 1.82) is 0 Å². The van der Waals surface area contributed by atoms with E-state index in [0.29, 0.717) is 0 Å². The van der Waals surface area contributed by atoms with Gasteiger partial charge in [-0.05, 0) is 71.0 Å². The van der Waals surface area contributed by atoms with E-state index in [1.54, 1.807) is 16.7 Å². The number of halogens is 1. The third kappa shape index (κ3) is 4.27. The Morgan fingerprint density at radius 2 is 1.65 bits per heavy atom. The van der Waals surface area contributed by atoms with Gasteiger partial charge in [-0.3, -0.25) is 0 Å². The number of unbranched alkanes of at least 4 members (excludes halogenated alkanes) is 3. The van der Waals surface area contributed by atoms with E-state index in [-0.39, 0.29) is 0 Å². The molecule has 0 nitrogen and oxygen atoms in total. The molecule has 0 radical (unpaired) electrons. The summed E-state index contributed by atoms with van der Waals surface area (Å²) in [7, 11) is 0. The molecule has 0 saturated heterocycles. The summed E-state index contributed by atoms with van der Waals surface area (Å²) < 4.78 is 1.47. The van der Waals surface area contributed by atoms with Gasteiger partial charge in [-0.1, -0.05) is 46.1 Å². The molecule has 0 aromatic heterocycles. The summed E-state index contributed by atoms with van der Waals surface area (Å²) in [4.78, 5) is 0. The monoisotopic (exact) mass is 344 g/mol. The van der Waals surface area contributed by atoms with E-state index in [1.807, 2.05) is 0 Å². The number of benzene rings is 1. The topological polar surface area (TPSA) is 0 Å². The van der Waals surface area contributed by atoms with E-state index in [1.165, 1.54) is 48.5 Å². The Balaban J connectivity index is 2.80. The zero-order valence-electron chi connectivity index (χ0n) is 11.5. The van der Waals surface area contributed by atoms with Gasteiger partial charge in [0.1, 0.15) is 0 Å². The van der Waals surface area contributed by atoms with Crippen LogP contribution in [0.3, 0.4) is 0 Å². The second-order valence-electron chi connectivity index (χ2n) is 4.68. The van der Waals surface area contributed by atoms with Crippen LogP contribution in [0.4, 0.5) is 0 Å². The molecule has 17 heavy (non-hydrogen) atoms. The average molecular weight is 344 g/mol. The van der Waals surface area contributed by atoms with Crippen LogP contribution < -0.4 is 0 Å². The first-order valence-corrected chi connectivity index (χ1v) is 8.11. The molecule has 1 heteroatoms. The minimum atomic E-state index is 1.17. The molecule has 0 amide bonds. The van der Waals surface area contributed by atoms with Gasteiger partial charge in [-0.15, -0.1) is 0 Å². The molecule has 0 saturated carbocycles. The van der Waals surface area contributed by atoms with Gasteiger partial charge in [0.2, 0.25) is 0 Å². The highest BCUT2D eigenvalue weighted by Crippen LogP contribution is 2.24. The summed E-state index contributed by atoms with van der Waals surface area (Å²) in [6.45, 7) is 6.83. The van der Waals surface area contributed by atoms with Gasteiger partial charge in [-0.2, -0.15) is 0 Å². The Kier molecular flexibility index (Phi) is 7.17. The van der Waals surface area contributed by atoms with Crippen LogP contribution in [0.1, 0.15) is 63.1 Å². The van der Waals surface area contributed by atoms with Crippen molar-refractivity contribution in [2.75, 3.05) is 0 Å². The Morgan fingerprint density at radius 1 is 0.882 bits per heavy atom. The average Bonchev–Trinajstić information content (AvgIpc) is 2.35. The molecule has 1 aromatic rings. The largest absolute Gasteiger partial charge is 0.0654 e. The fourth-order valence-electron chi connectivity index (χ4n) is 2.48. The van der Waals surface area contributed by atoms with Crippen LogP contribution in [0.15, 0.2) is 12.1 Å². The lowest BCUT2D eigenvalue weighted by Crippen LogP contribution is -2.01. The van der Waals surface area contributed by atoms with Crippen molar-refractivity contribution >= 4 is 22.6 Å². The van der Waals surface area contributed by atoms with Crippen LogP contribution >= 0.6 is 22.6 Å². The van der Waals surface area contributed by atoms with Crippen molar-refractivity contribution in [1.82, 2.24) is 0 Å². The van der Waals surface area contributed by atoms with Crippen LogP contribution in [0.5, 0.6) is 0 Å². The molecule has 0 aliphatic heterocycles. The molecule has 96 valence electrons. The van der Waals surface area contributed by atoms with E-state index in [9.17, 15) is 0 Å². The molecule has 0 N–H and O–H groups in total. The highest BCUT2D eigenvalue weighted by Gasteiger charge is 2.09. The third-order valence-corrected chi connectivity index (χ3v) is 4.50. The molecule has 0 atom stereocenters. The van der Waals surface area contributed by atoms with E-state index >= 15 is 0 Å². The predicted molar refractivity (Wildman–Crippen MR) is 85.8 cm³/mol. The van der Waals surface area contributed by atoms with Gasteiger partial charge in [-0.25, -0.2) is 0 Å². The Hall–Kier alpha value is -0.0500. The summed E-state index contributed by atoms with van der Waals surface area (Å²) in [5, 5.41) is 0. The zero-order valence-corrected chi connectivity index (χ0v) is 13.6. The fraction of sp³-hybridized carbons (Fsp3) is 0.625. The lowest BCUT2D eigenvalue weighted by Gasteiger charge is -2.14. The fourth-order valence-corrected chi connectivity index (χ4v) is 3.26. The summed E-state index contributed by atoms with van der Waals surface area (Å²) >= 11 is 2.50. The molecule has 1 aromatic carbocycles. The van der Waals surface area contributed by atoms with Crippen molar-refractivity contribution in [3.05, 3.63) is 32.4 Å². The highest BCUT2D eigenvalue weighted by atomic mass is 127. The summed E-state index contributed by atoms with van der Waals surface area (Å²) in [5.74, 6) is 0. The maximum absolute atomic E-state index is 2.50. The SMILES string of the molecule is CCCCCCc1c(I)ccc(CC)c1CC. The quantitative estimate of drug-likeness (QED) is 0.450. The molecule has 0 unspecified atom stereocenters. The standard InChI is InChI=1S/C16H25I/c1-4-7-8-9-10-15-14(6-3)13(5-2)11-12-16(15)17/h11-12H,4-10H2,1-3H3. The molecule has 0 aliphatic carbocycles. The molecule has 1 rings (SSSR count). The third-order valence-electron chi connectivity index (χ3n) is 3.49. The smallest absolute Gasteiger partial charge is 0.0165 e. The van der Waals surface area contributed by atoms with Gasteiger partial charge in [0.05, 0.1) is 0 Å². The first-order valence-electron chi connectivity index (χ1n) is 7.03. The highest BCUT2D eigenvalue weighted by molar-refractivity contribution is 14.1. The molecule has 0 fully saturated rings. The zero-order chi connectivity index (χ0) is 12.7. The van der Waals surface area contributed by atoms with Crippen molar-refractivity contribution in [3.8, 4) is 0 Å². The lowest BCUT2D eigenvalue weighted by atomic mass is 9.94. The van der Waals surface area contributed by atoms with E-state index < -0.39 is 0 Å². The summed E-state index contributed by atoms with van der Waals surface area (Å²) in [6, 6.07) is 4.61. The van der Waals surface area contributed by atoms with Crippen molar-refractivity contribution in [2.45, 2.75) is 65.7 Å². The summed E-state index contributed by atoms with van der Waals surface area (Å²) in [5.41, 5.74) is 4.80. The van der Waals surface area contributed by atoms with E-state index in [2.05, 4.69) is 55.5 Å². The van der Waals surface area contributed by atoms with Crippen molar-refractivity contribution < 1.29 is 0 Å². The molecule has 0 bridgehead atoms. The van der Waals surface area contributed by atoms with Crippen LogP contribution in [0, 0.1) is 3.57 Å². The van der Waals surface area contributed by atoms with E-state index in [4.69, 9.17) is 0 Å². The van der Waals surface area contributed by atoms with Crippen molar-refractivity contribution in [3.63, 3.8) is 0 Å². The Labute approximate surface area is 120 Å². The van der Waals surface area contributed by atoms with Crippen LogP contribution in [-0.4, -0.2) is 0 Å². The van der Waals surface area contributed by atoms with Crippen molar-refractivity contribution in [2.24, 2.45) is 0 Å². The maximum Gasteiger partial charge on any atom is 0.0165 e. The van der Waals surface area contributed by atoms with Gasteiger partial charge < -0.3 is 0 Å². The molecular formula is C16H25I. The Morgan fingerprint density at radius 3 is 2.24 bits per heavy atom. The minimum Gasteiger partial charge on any atom is -0.0654 e. The van der Waals surface area contributed by atoms with Crippen LogP contribution in [0.25, 0.3) is 0 Å². The van der Waals surface area contributed by atoms with Gasteiger partial charge in [0, 0.05) is 3.57 Å². The van der Waals surface area contributed by atoms with Crippen LogP contribution in [-0.2, 0) is 19.3 Å². The molecule has 0 spiro atoms. The normalized spacial score (nSPS) is 10.8. The number of hydrogen-bond acceptors (Lipinski definition) is 0. The Bertz CT molecular complexity index is 342. The number of hydrogen-bond donors (Lipinski definition) is 0. The number of aryl methyl sites for hydroxylation is 1. The maximum atomic E-state index is 2.50. The molecular weight excluding hydrogens is 319 g/mol. The van der Waals surface area contributed by atoms with Gasteiger partial charge in [0.25, 0.3) is 0 Å². The second kappa shape index (κ2) is 8.12. The lowest BCUT2D eigenvalue weighted by molar-refractivity contribution is 0.663. The predicted octanol–water partition coefficient (Wildman–Crippen LogP) is 5.54. The first-order chi connectivity index (χ1) is 8.24. The van der Waals surface area contributed by atoms with Crippen LogP contribution in [0.2, 0.25) is 0 Å². The summed E-state index contributed by atoms with van der Waals surface area (Å²) in [6.07, 6.45) is 9.06.